The summed E-state index contributed by atoms with van der Waals surface area (Å²) >= 11 is 0. The zero-order valence-corrected chi connectivity index (χ0v) is 14.2. The highest BCUT2D eigenvalue weighted by Gasteiger charge is 2.45. The largest absolute Gasteiger partial charge is 0.378 e. The number of carbonyl (C=O) groups is 2. The maximum absolute atomic E-state index is 12.7. The number of rotatable bonds is 3. The van der Waals surface area contributed by atoms with Crippen molar-refractivity contribution in [3.63, 3.8) is 0 Å². The molecule has 0 aromatic carbocycles. The van der Waals surface area contributed by atoms with Crippen LogP contribution >= 0.6 is 0 Å². The first-order valence-corrected chi connectivity index (χ1v) is 8.70. The Morgan fingerprint density at radius 3 is 2.76 bits per heavy atom. The summed E-state index contributed by atoms with van der Waals surface area (Å²) in [6, 6.07) is 0.0184. The van der Waals surface area contributed by atoms with Crippen LogP contribution in [0.1, 0.15) is 26.2 Å². The summed E-state index contributed by atoms with van der Waals surface area (Å²) in [5.41, 5.74) is 8.63. The van der Waals surface area contributed by atoms with Crippen LogP contribution in [-0.4, -0.2) is 28.8 Å². The monoisotopic (exact) mass is 332 g/mol. The number of hydrogen-bond acceptors (Lipinski definition) is 3. The minimum absolute atomic E-state index is 0.0649. The Bertz CT molecular complexity index is 858. The van der Waals surface area contributed by atoms with E-state index < -0.39 is 0 Å². The Kier molecular flexibility index (Phi) is 3.93. The Hall–Kier alpha value is -2.80. The second-order valence-corrected chi connectivity index (χ2v) is 6.82. The lowest BCUT2D eigenvalue weighted by molar-refractivity contribution is -0.140. The summed E-state index contributed by atoms with van der Waals surface area (Å²) in [5.74, 6) is -0.489. The highest BCUT2D eigenvalue weighted by atomic mass is 16.2. The van der Waals surface area contributed by atoms with E-state index in [1.165, 1.54) is 4.90 Å². The predicted octanol–water partition coefficient (Wildman–Crippen LogP) is 2.69. The van der Waals surface area contributed by atoms with E-state index in [0.717, 1.165) is 17.7 Å². The summed E-state index contributed by atoms with van der Waals surface area (Å²) in [4.78, 5) is 26.8. The molecule has 3 aliphatic carbocycles. The minimum atomic E-state index is -0.293. The molecule has 1 fully saturated rings. The van der Waals surface area contributed by atoms with Crippen LogP contribution in [0.2, 0.25) is 0 Å². The molecule has 3 atom stereocenters. The molecule has 4 nitrogen and oxygen atoms in total. The first kappa shape index (κ1) is 15.7. The van der Waals surface area contributed by atoms with Gasteiger partial charge in [-0.1, -0.05) is 41.3 Å². The van der Waals surface area contributed by atoms with Crippen molar-refractivity contribution in [3.05, 3.63) is 70.8 Å². The van der Waals surface area contributed by atoms with Crippen LogP contribution in [0.25, 0.3) is 0 Å². The fourth-order valence-electron chi connectivity index (χ4n) is 3.69. The smallest absolute Gasteiger partial charge is 0.257 e. The molecule has 126 valence electrons. The molecule has 1 heterocycles. The van der Waals surface area contributed by atoms with Crippen molar-refractivity contribution in [1.29, 1.82) is 0 Å². The number of hydrogen-bond donors (Lipinski definition) is 1. The highest BCUT2D eigenvalue weighted by Crippen LogP contribution is 2.35. The van der Waals surface area contributed by atoms with Crippen LogP contribution in [-0.2, 0) is 9.59 Å². The van der Waals surface area contributed by atoms with E-state index in [9.17, 15) is 9.59 Å². The fourth-order valence-corrected chi connectivity index (χ4v) is 3.69. The SMILES string of the molecule is CC1=CC[C@@H]2C(=O)N(C3C=CC(NC4C=C=C=CC4)=CC3)C(=O)C2=C1. The Balaban J connectivity index is 1.45. The van der Waals surface area contributed by atoms with Gasteiger partial charge >= 0.3 is 0 Å². The van der Waals surface area contributed by atoms with Crippen LogP contribution in [0, 0.1) is 5.92 Å². The standard InChI is InChI=1S/C21H20N2O2/c1-14-7-12-18-19(13-14)21(25)23(20(18)24)17-10-8-16(9-11-17)22-15-5-3-2-4-6-15/h3,6-10,13,15,17-18,22H,5,11-12H2,1H3/t15?,17?,18-/m0/s1. The number of allylic oxidation sites excluding steroid dienone is 4. The molecule has 0 aromatic heterocycles. The van der Waals surface area contributed by atoms with Crippen LogP contribution in [0.5, 0.6) is 0 Å². The molecule has 0 aromatic rings. The third-order valence-electron chi connectivity index (χ3n) is 5.04. The Morgan fingerprint density at radius 1 is 1.16 bits per heavy atom. The molecule has 25 heavy (non-hydrogen) atoms. The van der Waals surface area contributed by atoms with E-state index in [0.29, 0.717) is 18.4 Å². The van der Waals surface area contributed by atoms with E-state index in [1.807, 2.05) is 43.4 Å². The molecular weight excluding hydrogens is 312 g/mol. The van der Waals surface area contributed by atoms with Gasteiger partial charge in [0.2, 0.25) is 5.91 Å². The summed E-state index contributed by atoms with van der Waals surface area (Å²) < 4.78 is 0. The first-order chi connectivity index (χ1) is 12.1. The maximum Gasteiger partial charge on any atom is 0.257 e. The summed E-state index contributed by atoms with van der Waals surface area (Å²) in [6.45, 7) is 1.97. The van der Waals surface area contributed by atoms with Crippen molar-refractivity contribution >= 4 is 11.8 Å². The van der Waals surface area contributed by atoms with Crippen LogP contribution < -0.4 is 5.32 Å². The minimum Gasteiger partial charge on any atom is -0.378 e. The van der Waals surface area contributed by atoms with E-state index in [-0.39, 0.29) is 29.8 Å². The number of imide groups is 1. The molecule has 4 aliphatic rings. The normalized spacial score (nSPS) is 30.2. The van der Waals surface area contributed by atoms with Crippen molar-refractivity contribution < 1.29 is 9.59 Å². The summed E-state index contributed by atoms with van der Waals surface area (Å²) in [5, 5.41) is 3.42. The molecule has 2 unspecified atom stereocenters. The van der Waals surface area contributed by atoms with Gasteiger partial charge in [-0.2, -0.15) is 0 Å². The zero-order valence-electron chi connectivity index (χ0n) is 14.2. The molecule has 0 spiro atoms. The van der Waals surface area contributed by atoms with Gasteiger partial charge in [0, 0.05) is 11.3 Å². The van der Waals surface area contributed by atoms with Crippen LogP contribution in [0.15, 0.2) is 70.8 Å². The lowest BCUT2D eigenvalue weighted by atomic mass is 9.91. The molecule has 1 saturated heterocycles. The lowest BCUT2D eigenvalue weighted by Crippen LogP contribution is -2.40. The first-order valence-electron chi connectivity index (χ1n) is 8.70. The third kappa shape index (κ3) is 2.87. The Morgan fingerprint density at radius 2 is 2.04 bits per heavy atom. The van der Waals surface area contributed by atoms with Crippen molar-refractivity contribution in [3.8, 4) is 0 Å². The quantitative estimate of drug-likeness (QED) is 0.638. The number of nitrogens with zero attached hydrogens (tertiary/aromatic N) is 1. The molecular formula is C21H20N2O2. The number of likely N-dealkylation sites (tertiary alicyclic amines) is 1. The average Bonchev–Trinajstić information content (AvgIpc) is 2.87. The molecule has 2 amide bonds. The van der Waals surface area contributed by atoms with E-state index in [2.05, 4.69) is 22.9 Å². The van der Waals surface area contributed by atoms with Gasteiger partial charge in [0.15, 0.2) is 0 Å². The summed E-state index contributed by atoms with van der Waals surface area (Å²) in [6.07, 6.45) is 15.9. The molecule has 0 saturated carbocycles. The van der Waals surface area contributed by atoms with Crippen molar-refractivity contribution in [1.82, 2.24) is 10.2 Å². The lowest BCUT2D eigenvalue weighted by Gasteiger charge is -2.26. The molecule has 1 N–H and O–H groups in total. The number of nitrogens with one attached hydrogen (secondary N) is 1. The summed E-state index contributed by atoms with van der Waals surface area (Å²) in [7, 11) is 0. The van der Waals surface area contributed by atoms with Gasteiger partial charge in [0.25, 0.3) is 5.91 Å². The molecule has 0 radical (unpaired) electrons. The predicted molar refractivity (Wildman–Crippen MR) is 95.1 cm³/mol. The second kappa shape index (κ2) is 6.25. The average molecular weight is 332 g/mol. The van der Waals surface area contributed by atoms with Gasteiger partial charge in [-0.3, -0.25) is 14.5 Å². The molecule has 4 heteroatoms. The van der Waals surface area contributed by atoms with Gasteiger partial charge < -0.3 is 5.32 Å². The molecule has 4 rings (SSSR count). The van der Waals surface area contributed by atoms with Crippen LogP contribution in [0.4, 0.5) is 0 Å². The van der Waals surface area contributed by atoms with E-state index in [1.54, 1.807) is 0 Å². The highest BCUT2D eigenvalue weighted by molar-refractivity contribution is 6.15. The van der Waals surface area contributed by atoms with Crippen molar-refractivity contribution in [2.75, 3.05) is 0 Å². The molecule has 0 bridgehead atoms. The van der Waals surface area contributed by atoms with Crippen LogP contribution in [0.3, 0.4) is 0 Å². The second-order valence-electron chi connectivity index (χ2n) is 6.82. The fraction of sp³-hybridized carbons (Fsp3) is 0.333. The van der Waals surface area contributed by atoms with E-state index >= 15 is 0 Å². The zero-order chi connectivity index (χ0) is 17.4. The number of amides is 2. The van der Waals surface area contributed by atoms with Crippen molar-refractivity contribution in [2.24, 2.45) is 5.92 Å². The van der Waals surface area contributed by atoms with Gasteiger partial charge in [0.05, 0.1) is 18.0 Å². The van der Waals surface area contributed by atoms with Gasteiger partial charge in [-0.25, -0.2) is 0 Å². The third-order valence-corrected chi connectivity index (χ3v) is 5.04. The van der Waals surface area contributed by atoms with E-state index in [4.69, 9.17) is 0 Å². The number of carbonyl (C=O) groups excluding carboxylic acids is 2. The maximum atomic E-state index is 12.7. The number of fused-ring (bicyclic) bond motifs is 1. The van der Waals surface area contributed by atoms with Gasteiger partial charge in [-0.05, 0) is 44.4 Å². The topological polar surface area (TPSA) is 49.4 Å². The van der Waals surface area contributed by atoms with Gasteiger partial charge in [0.1, 0.15) is 0 Å². The molecule has 1 aliphatic heterocycles. The Labute approximate surface area is 147 Å². The van der Waals surface area contributed by atoms with Gasteiger partial charge in [-0.15, -0.1) is 0 Å². The van der Waals surface area contributed by atoms with Crippen molar-refractivity contribution in [2.45, 2.75) is 38.3 Å².